The zero-order valence-electron chi connectivity index (χ0n) is 10.2. The second kappa shape index (κ2) is 5.49. The monoisotopic (exact) mass is 220 g/mol. The van der Waals surface area contributed by atoms with Crippen molar-refractivity contribution in [1.29, 1.82) is 5.41 Å². The van der Waals surface area contributed by atoms with E-state index >= 15 is 0 Å². The molecule has 0 bridgehead atoms. The van der Waals surface area contributed by atoms with Crippen molar-refractivity contribution in [2.75, 3.05) is 11.9 Å². The minimum atomic E-state index is 0.0907. The Bertz CT molecular complexity index is 362. The van der Waals surface area contributed by atoms with Crippen LogP contribution in [0.2, 0.25) is 0 Å². The number of nitrogens with two attached hydrogens (primary N) is 1. The maximum absolute atomic E-state index is 7.54. The molecule has 0 amide bonds. The van der Waals surface area contributed by atoms with E-state index in [-0.39, 0.29) is 5.84 Å². The summed E-state index contributed by atoms with van der Waals surface area (Å²) in [4.78, 5) is 6.23. The Balaban J connectivity index is 2.98. The lowest BCUT2D eigenvalue weighted by atomic mass is 10.1. The van der Waals surface area contributed by atoms with Gasteiger partial charge in [0.05, 0.1) is 11.9 Å². The Morgan fingerprint density at radius 1 is 1.62 bits per heavy atom. The van der Waals surface area contributed by atoms with Crippen molar-refractivity contribution in [1.82, 2.24) is 4.98 Å². The maximum Gasteiger partial charge on any atom is 0.125 e. The van der Waals surface area contributed by atoms with Gasteiger partial charge < -0.3 is 10.6 Å². The number of rotatable bonds is 5. The van der Waals surface area contributed by atoms with Gasteiger partial charge in [-0.2, -0.15) is 0 Å². The van der Waals surface area contributed by atoms with E-state index in [9.17, 15) is 0 Å². The Kier molecular flexibility index (Phi) is 4.28. The van der Waals surface area contributed by atoms with E-state index in [1.54, 1.807) is 18.5 Å². The average Bonchev–Trinajstić information content (AvgIpc) is 2.28. The van der Waals surface area contributed by atoms with Gasteiger partial charge in [0, 0.05) is 24.8 Å². The predicted molar refractivity (Wildman–Crippen MR) is 68.0 cm³/mol. The van der Waals surface area contributed by atoms with E-state index in [0.29, 0.717) is 6.04 Å². The van der Waals surface area contributed by atoms with Crippen LogP contribution in [0.4, 0.5) is 5.69 Å². The Hall–Kier alpha value is -1.58. The lowest BCUT2D eigenvalue weighted by molar-refractivity contribution is 0.615. The minimum absolute atomic E-state index is 0.0907. The molecule has 4 heteroatoms. The fraction of sp³-hybridized carbons (Fsp3) is 0.500. The number of hydrogen-bond acceptors (Lipinski definition) is 3. The molecule has 1 aromatic rings. The summed E-state index contributed by atoms with van der Waals surface area (Å²) in [6.45, 7) is 4.33. The van der Waals surface area contributed by atoms with Crippen LogP contribution in [0, 0.1) is 5.41 Å². The van der Waals surface area contributed by atoms with Crippen LogP contribution in [0.1, 0.15) is 32.3 Å². The van der Waals surface area contributed by atoms with Gasteiger partial charge in [-0.25, -0.2) is 0 Å². The minimum Gasteiger partial charge on any atom is -0.384 e. The van der Waals surface area contributed by atoms with Crippen molar-refractivity contribution in [3.8, 4) is 0 Å². The molecular formula is C12H20N4. The highest BCUT2D eigenvalue weighted by Crippen LogP contribution is 2.20. The average molecular weight is 220 g/mol. The number of amidine groups is 1. The summed E-state index contributed by atoms with van der Waals surface area (Å²) >= 11 is 0. The van der Waals surface area contributed by atoms with Gasteiger partial charge in [-0.1, -0.05) is 13.3 Å². The Morgan fingerprint density at radius 2 is 2.31 bits per heavy atom. The van der Waals surface area contributed by atoms with Gasteiger partial charge in [0.1, 0.15) is 5.84 Å². The van der Waals surface area contributed by atoms with E-state index in [1.807, 2.05) is 7.05 Å². The number of anilines is 1. The predicted octanol–water partition coefficient (Wildman–Crippen LogP) is 1.99. The molecule has 0 aliphatic rings. The van der Waals surface area contributed by atoms with Gasteiger partial charge in [-0.05, 0) is 19.4 Å². The molecule has 0 aromatic carbocycles. The van der Waals surface area contributed by atoms with Crippen LogP contribution in [0.3, 0.4) is 0 Å². The van der Waals surface area contributed by atoms with Gasteiger partial charge >= 0.3 is 0 Å². The highest BCUT2D eigenvalue weighted by Gasteiger charge is 2.14. The van der Waals surface area contributed by atoms with Crippen LogP contribution < -0.4 is 10.6 Å². The van der Waals surface area contributed by atoms with Crippen molar-refractivity contribution in [2.45, 2.75) is 32.7 Å². The van der Waals surface area contributed by atoms with Crippen LogP contribution >= 0.6 is 0 Å². The summed E-state index contributed by atoms with van der Waals surface area (Å²) in [5.74, 6) is 0.0907. The quantitative estimate of drug-likeness (QED) is 0.589. The highest BCUT2D eigenvalue weighted by molar-refractivity contribution is 6.00. The normalized spacial score (nSPS) is 12.2. The van der Waals surface area contributed by atoms with Gasteiger partial charge in [-0.15, -0.1) is 0 Å². The fourth-order valence-corrected chi connectivity index (χ4v) is 1.74. The van der Waals surface area contributed by atoms with E-state index < -0.39 is 0 Å². The molecule has 0 radical (unpaired) electrons. The summed E-state index contributed by atoms with van der Waals surface area (Å²) in [7, 11) is 2.02. The highest BCUT2D eigenvalue weighted by atomic mass is 15.1. The molecule has 0 saturated carbocycles. The summed E-state index contributed by atoms with van der Waals surface area (Å²) in [6, 6.07) is 2.21. The standard InChI is InChI=1S/C12H20N4/c1-4-5-9(2)16(3)11-8-15-7-6-10(11)12(13)14/h6-9H,4-5H2,1-3H3,(H3,13,14). The van der Waals surface area contributed by atoms with Gasteiger partial charge in [0.15, 0.2) is 0 Å². The summed E-state index contributed by atoms with van der Waals surface area (Å²) < 4.78 is 0. The molecule has 0 fully saturated rings. The van der Waals surface area contributed by atoms with E-state index in [4.69, 9.17) is 11.1 Å². The Labute approximate surface area is 97.0 Å². The van der Waals surface area contributed by atoms with Crippen LogP contribution in [0.5, 0.6) is 0 Å². The smallest absolute Gasteiger partial charge is 0.125 e. The third kappa shape index (κ3) is 2.72. The third-order valence-electron chi connectivity index (χ3n) is 2.84. The number of nitrogens with zero attached hydrogens (tertiary/aromatic N) is 2. The number of nitrogen functional groups attached to an aromatic ring is 1. The first-order chi connectivity index (χ1) is 7.57. The molecule has 1 rings (SSSR count). The van der Waals surface area contributed by atoms with Crippen LogP contribution in [0.15, 0.2) is 18.5 Å². The van der Waals surface area contributed by atoms with E-state index in [1.165, 1.54) is 0 Å². The van der Waals surface area contributed by atoms with E-state index in [0.717, 1.165) is 24.1 Å². The molecule has 0 aliphatic carbocycles. The van der Waals surface area contributed by atoms with Gasteiger partial charge in [-0.3, -0.25) is 10.4 Å². The molecule has 88 valence electrons. The molecule has 1 unspecified atom stereocenters. The van der Waals surface area contributed by atoms with Gasteiger partial charge in [0.2, 0.25) is 0 Å². The number of hydrogen-bond donors (Lipinski definition) is 2. The fourth-order valence-electron chi connectivity index (χ4n) is 1.74. The second-order valence-electron chi connectivity index (χ2n) is 4.06. The summed E-state index contributed by atoms with van der Waals surface area (Å²) in [5.41, 5.74) is 7.23. The van der Waals surface area contributed by atoms with E-state index in [2.05, 4.69) is 23.7 Å². The first-order valence-corrected chi connectivity index (χ1v) is 5.59. The molecule has 0 spiro atoms. The summed E-state index contributed by atoms with van der Waals surface area (Å²) in [6.07, 6.45) is 5.69. The first-order valence-electron chi connectivity index (χ1n) is 5.59. The molecule has 1 aromatic heterocycles. The van der Waals surface area contributed by atoms with Crippen LogP contribution in [-0.2, 0) is 0 Å². The maximum atomic E-state index is 7.54. The van der Waals surface area contributed by atoms with Crippen molar-refractivity contribution < 1.29 is 0 Å². The lowest BCUT2D eigenvalue weighted by Crippen LogP contribution is -2.31. The molecule has 4 nitrogen and oxygen atoms in total. The van der Waals surface area contributed by atoms with Crippen molar-refractivity contribution in [3.05, 3.63) is 24.0 Å². The van der Waals surface area contributed by atoms with Gasteiger partial charge in [0.25, 0.3) is 0 Å². The molecular weight excluding hydrogens is 200 g/mol. The summed E-state index contributed by atoms with van der Waals surface area (Å²) in [5, 5.41) is 7.54. The molecule has 16 heavy (non-hydrogen) atoms. The lowest BCUT2D eigenvalue weighted by Gasteiger charge is -2.28. The first kappa shape index (κ1) is 12.5. The second-order valence-corrected chi connectivity index (χ2v) is 4.06. The zero-order valence-corrected chi connectivity index (χ0v) is 10.2. The molecule has 1 heterocycles. The third-order valence-corrected chi connectivity index (χ3v) is 2.84. The number of nitrogens with one attached hydrogen (secondary N) is 1. The molecule has 0 aliphatic heterocycles. The largest absolute Gasteiger partial charge is 0.384 e. The molecule has 0 saturated heterocycles. The van der Waals surface area contributed by atoms with Crippen molar-refractivity contribution in [3.63, 3.8) is 0 Å². The van der Waals surface area contributed by atoms with Crippen LogP contribution in [0.25, 0.3) is 0 Å². The van der Waals surface area contributed by atoms with Crippen LogP contribution in [-0.4, -0.2) is 23.9 Å². The topological polar surface area (TPSA) is 66.0 Å². The van der Waals surface area contributed by atoms with Crippen molar-refractivity contribution in [2.24, 2.45) is 5.73 Å². The zero-order chi connectivity index (χ0) is 12.1. The molecule has 3 N–H and O–H groups in total. The number of pyridine rings is 1. The van der Waals surface area contributed by atoms with Crippen molar-refractivity contribution >= 4 is 11.5 Å². The number of aromatic nitrogens is 1. The molecule has 1 atom stereocenters. The Morgan fingerprint density at radius 3 is 2.88 bits per heavy atom. The SMILES string of the molecule is CCCC(C)N(C)c1cnccc1C(=N)N.